The van der Waals surface area contributed by atoms with Crippen molar-refractivity contribution in [2.24, 2.45) is 17.8 Å². The molecule has 0 unspecified atom stereocenters. The number of rotatable bonds is 5. The first-order chi connectivity index (χ1) is 13.1. The molecule has 4 fully saturated rings. The van der Waals surface area contributed by atoms with Gasteiger partial charge < -0.3 is 16.0 Å². The van der Waals surface area contributed by atoms with Gasteiger partial charge in [-0.05, 0) is 61.8 Å². The summed E-state index contributed by atoms with van der Waals surface area (Å²) in [5.74, 6) is 4.31. The molecule has 5 heteroatoms. The van der Waals surface area contributed by atoms with E-state index in [9.17, 15) is 0 Å². The number of nitrogens with zero attached hydrogens (tertiary/aromatic N) is 3. The highest BCUT2D eigenvalue weighted by Gasteiger charge is 2.51. The van der Waals surface area contributed by atoms with E-state index in [-0.39, 0.29) is 5.54 Å². The Balaban J connectivity index is 1.37. The van der Waals surface area contributed by atoms with Gasteiger partial charge in [-0.1, -0.05) is 30.3 Å². The summed E-state index contributed by atoms with van der Waals surface area (Å²) in [5.41, 5.74) is 8.66. The van der Waals surface area contributed by atoms with Crippen molar-refractivity contribution >= 4 is 17.3 Å². The van der Waals surface area contributed by atoms with Crippen LogP contribution in [0.1, 0.15) is 44.1 Å². The summed E-state index contributed by atoms with van der Waals surface area (Å²) >= 11 is 0. The molecule has 3 N–H and O–H groups in total. The Hall–Kier alpha value is -2.30. The highest BCUT2D eigenvalue weighted by Crippen LogP contribution is 2.56. The molecule has 0 spiro atoms. The maximum atomic E-state index is 6.54. The van der Waals surface area contributed by atoms with Gasteiger partial charge in [0.2, 0.25) is 0 Å². The normalized spacial score (nSPS) is 31.1. The lowest BCUT2D eigenvalue weighted by Gasteiger charge is -2.57. The van der Waals surface area contributed by atoms with E-state index in [0.717, 1.165) is 35.9 Å². The maximum absolute atomic E-state index is 6.54. The third-order valence-electron chi connectivity index (χ3n) is 6.91. The average molecular weight is 364 g/mol. The lowest BCUT2D eigenvalue weighted by atomic mass is 9.53. The Kier molecular flexibility index (Phi) is 3.99. The van der Waals surface area contributed by atoms with Crippen LogP contribution < -0.4 is 16.0 Å². The summed E-state index contributed by atoms with van der Waals surface area (Å²) in [5, 5.41) is 3.81. The van der Waals surface area contributed by atoms with Gasteiger partial charge in [0, 0.05) is 19.1 Å². The number of benzene rings is 1. The lowest BCUT2D eigenvalue weighted by Crippen LogP contribution is -2.55. The fourth-order valence-corrected chi connectivity index (χ4v) is 6.24. The summed E-state index contributed by atoms with van der Waals surface area (Å²) in [6, 6.07) is 10.4. The number of hydrogen-bond acceptors (Lipinski definition) is 5. The van der Waals surface area contributed by atoms with E-state index in [0.29, 0.717) is 5.69 Å². The van der Waals surface area contributed by atoms with Gasteiger partial charge >= 0.3 is 0 Å². The zero-order chi connectivity index (χ0) is 18.4. The van der Waals surface area contributed by atoms with Gasteiger partial charge in [-0.2, -0.15) is 0 Å². The fraction of sp³-hybridized carbons (Fsp3) is 0.545. The minimum Gasteiger partial charge on any atom is -0.393 e. The van der Waals surface area contributed by atoms with Crippen LogP contribution in [0.3, 0.4) is 0 Å². The molecule has 0 radical (unpaired) electrons. The van der Waals surface area contributed by atoms with Crippen molar-refractivity contribution in [3.63, 3.8) is 0 Å². The van der Waals surface area contributed by atoms with Crippen molar-refractivity contribution in [3.05, 3.63) is 42.2 Å². The van der Waals surface area contributed by atoms with Crippen molar-refractivity contribution < 1.29 is 0 Å². The summed E-state index contributed by atoms with van der Waals surface area (Å²) in [6.45, 7) is 0.777. The standard InChI is InChI=1S/C22H29N5/c1-27(13-15-5-3-2-4-6-15)21-19(23)20(24-14-25-21)26-22-10-16-7-17(11-22)9-18(8-16)12-22/h2-6,14,16-18H,7-13,23H2,1H3,(H,24,25,26). The first-order valence-corrected chi connectivity index (χ1v) is 10.2. The van der Waals surface area contributed by atoms with Crippen LogP contribution in [0, 0.1) is 17.8 Å². The molecule has 4 aliphatic carbocycles. The molecule has 4 bridgehead atoms. The van der Waals surface area contributed by atoms with E-state index in [1.54, 1.807) is 6.33 Å². The predicted molar refractivity (Wildman–Crippen MR) is 110 cm³/mol. The van der Waals surface area contributed by atoms with Crippen LogP contribution in [-0.4, -0.2) is 22.6 Å². The van der Waals surface area contributed by atoms with Crippen molar-refractivity contribution in [3.8, 4) is 0 Å². The first-order valence-electron chi connectivity index (χ1n) is 10.2. The van der Waals surface area contributed by atoms with Gasteiger partial charge in [0.25, 0.3) is 0 Å². The smallest absolute Gasteiger partial charge is 0.157 e. The Morgan fingerprint density at radius 3 is 2.30 bits per heavy atom. The summed E-state index contributed by atoms with van der Waals surface area (Å²) in [6.07, 6.45) is 9.78. The quantitative estimate of drug-likeness (QED) is 0.838. The van der Waals surface area contributed by atoms with Crippen LogP contribution in [-0.2, 0) is 6.54 Å². The topological polar surface area (TPSA) is 67.1 Å². The third kappa shape index (κ3) is 3.13. The summed E-state index contributed by atoms with van der Waals surface area (Å²) in [4.78, 5) is 11.1. The van der Waals surface area contributed by atoms with Crippen LogP contribution in [0.5, 0.6) is 0 Å². The van der Waals surface area contributed by atoms with Crippen LogP contribution in [0.4, 0.5) is 17.3 Å². The fourth-order valence-electron chi connectivity index (χ4n) is 6.24. The Morgan fingerprint density at radius 1 is 1.04 bits per heavy atom. The molecule has 1 heterocycles. The van der Waals surface area contributed by atoms with Crippen LogP contribution >= 0.6 is 0 Å². The third-order valence-corrected chi connectivity index (χ3v) is 6.91. The van der Waals surface area contributed by atoms with E-state index in [1.165, 1.54) is 44.1 Å². The summed E-state index contributed by atoms with van der Waals surface area (Å²) in [7, 11) is 2.04. The van der Waals surface area contributed by atoms with Gasteiger partial charge in [-0.25, -0.2) is 9.97 Å². The van der Waals surface area contributed by atoms with Gasteiger partial charge in [-0.15, -0.1) is 0 Å². The molecule has 27 heavy (non-hydrogen) atoms. The van der Waals surface area contributed by atoms with Crippen molar-refractivity contribution in [2.75, 3.05) is 23.0 Å². The lowest BCUT2D eigenvalue weighted by molar-refractivity contribution is 0.0106. The summed E-state index contributed by atoms with van der Waals surface area (Å²) < 4.78 is 0. The van der Waals surface area contributed by atoms with E-state index in [1.807, 2.05) is 13.1 Å². The second-order valence-corrected chi connectivity index (χ2v) is 9.12. The minimum atomic E-state index is 0.201. The second kappa shape index (κ2) is 6.39. The highest BCUT2D eigenvalue weighted by atomic mass is 15.2. The minimum absolute atomic E-state index is 0.201. The van der Waals surface area contributed by atoms with Gasteiger partial charge in [-0.3, -0.25) is 0 Å². The molecule has 0 atom stereocenters. The molecule has 6 rings (SSSR count). The van der Waals surface area contributed by atoms with Crippen molar-refractivity contribution in [1.82, 2.24) is 9.97 Å². The number of nitrogens with one attached hydrogen (secondary N) is 1. The maximum Gasteiger partial charge on any atom is 0.157 e. The number of aromatic nitrogens is 2. The van der Waals surface area contributed by atoms with Gasteiger partial charge in [0.05, 0.1) is 0 Å². The molecular weight excluding hydrogens is 334 g/mol. The zero-order valence-corrected chi connectivity index (χ0v) is 16.1. The Labute approximate surface area is 161 Å². The molecule has 1 aromatic carbocycles. The highest BCUT2D eigenvalue weighted by molar-refractivity contribution is 5.75. The molecule has 2 aromatic rings. The molecular formula is C22H29N5. The number of nitrogens with two attached hydrogens (primary N) is 1. The van der Waals surface area contributed by atoms with E-state index in [2.05, 4.69) is 44.5 Å². The molecule has 5 nitrogen and oxygen atoms in total. The van der Waals surface area contributed by atoms with E-state index >= 15 is 0 Å². The monoisotopic (exact) mass is 363 g/mol. The Morgan fingerprint density at radius 2 is 1.67 bits per heavy atom. The number of hydrogen-bond donors (Lipinski definition) is 2. The molecule has 0 aliphatic heterocycles. The van der Waals surface area contributed by atoms with Crippen LogP contribution in [0.25, 0.3) is 0 Å². The molecule has 4 saturated carbocycles. The molecule has 142 valence electrons. The number of anilines is 3. The molecule has 1 aromatic heterocycles. The molecule has 0 amide bonds. The van der Waals surface area contributed by atoms with Gasteiger partial charge in [0.1, 0.15) is 12.0 Å². The predicted octanol–water partition coefficient (Wildman–Crippen LogP) is 4.08. The van der Waals surface area contributed by atoms with Crippen LogP contribution in [0.2, 0.25) is 0 Å². The SMILES string of the molecule is CN(Cc1ccccc1)c1ncnc(NC23CC4CC(CC(C4)C2)C3)c1N. The van der Waals surface area contributed by atoms with Crippen molar-refractivity contribution in [2.45, 2.75) is 50.6 Å². The largest absolute Gasteiger partial charge is 0.393 e. The molecule has 4 aliphatic rings. The Bertz CT molecular complexity index is 783. The van der Waals surface area contributed by atoms with Crippen molar-refractivity contribution in [1.29, 1.82) is 0 Å². The van der Waals surface area contributed by atoms with E-state index in [4.69, 9.17) is 5.73 Å². The molecule has 0 saturated heterocycles. The average Bonchev–Trinajstić information content (AvgIpc) is 2.63. The first kappa shape index (κ1) is 16.8. The second-order valence-electron chi connectivity index (χ2n) is 9.12. The van der Waals surface area contributed by atoms with Crippen LogP contribution in [0.15, 0.2) is 36.7 Å². The number of nitrogen functional groups attached to an aromatic ring is 1. The van der Waals surface area contributed by atoms with Gasteiger partial charge in [0.15, 0.2) is 11.6 Å². The zero-order valence-electron chi connectivity index (χ0n) is 16.1. The van der Waals surface area contributed by atoms with E-state index < -0.39 is 0 Å².